The highest BCUT2D eigenvalue weighted by molar-refractivity contribution is 6.00. The number of carbonyl (C=O) groups excluding carboxylic acids is 1. The van der Waals surface area contributed by atoms with Crippen molar-refractivity contribution in [3.8, 4) is 6.01 Å². The first-order valence-electron chi connectivity index (χ1n) is 6.05. The van der Waals surface area contributed by atoms with Crippen LogP contribution in [0.15, 0.2) is 10.6 Å². The van der Waals surface area contributed by atoms with E-state index in [0.717, 1.165) is 0 Å². The number of nitrogens with one attached hydrogen (secondary N) is 1. The Hall–Kier alpha value is -2.38. The summed E-state index contributed by atoms with van der Waals surface area (Å²) in [6.45, 7) is 5.97. The molecule has 1 N–H and O–H groups in total. The van der Waals surface area contributed by atoms with Gasteiger partial charge in [-0.2, -0.15) is 4.98 Å². The molecule has 0 aliphatic carbocycles. The molecule has 0 bridgehead atoms. The number of rotatable bonds is 3. The van der Waals surface area contributed by atoms with Crippen molar-refractivity contribution in [2.45, 2.75) is 26.2 Å². The Labute approximate surface area is 116 Å². The van der Waals surface area contributed by atoms with Gasteiger partial charge in [-0.1, -0.05) is 25.9 Å². The Morgan fingerprint density at radius 3 is 2.65 bits per heavy atom. The molecule has 8 heteroatoms. The zero-order valence-electron chi connectivity index (χ0n) is 12.1. The number of amides is 1. The second-order valence-corrected chi connectivity index (χ2v) is 5.33. The number of carbonyl (C=O) groups is 1. The van der Waals surface area contributed by atoms with Crippen LogP contribution >= 0.6 is 0 Å². The predicted octanol–water partition coefficient (Wildman–Crippen LogP) is 1.36. The van der Waals surface area contributed by atoms with E-state index < -0.39 is 5.91 Å². The molecule has 0 atom stereocenters. The Kier molecular flexibility index (Phi) is 3.47. The van der Waals surface area contributed by atoms with Gasteiger partial charge >= 0.3 is 6.01 Å². The quantitative estimate of drug-likeness (QED) is 0.911. The molecule has 108 valence electrons. The summed E-state index contributed by atoms with van der Waals surface area (Å²) in [7, 11) is 3.09. The number of aryl methyl sites for hydroxylation is 1. The van der Waals surface area contributed by atoms with Gasteiger partial charge in [0.1, 0.15) is 5.76 Å². The summed E-state index contributed by atoms with van der Waals surface area (Å²) >= 11 is 0. The van der Waals surface area contributed by atoms with Crippen LogP contribution in [-0.4, -0.2) is 32.9 Å². The number of anilines is 1. The van der Waals surface area contributed by atoms with Crippen LogP contribution in [0.2, 0.25) is 0 Å². The Bertz CT molecular complexity index is 623. The normalized spacial score (nSPS) is 11.4. The summed E-state index contributed by atoms with van der Waals surface area (Å²) in [6, 6.07) is 1.93. The second kappa shape index (κ2) is 4.95. The van der Waals surface area contributed by atoms with Gasteiger partial charge in [0.2, 0.25) is 5.82 Å². The number of methoxy groups -OCH3 is 1. The van der Waals surface area contributed by atoms with Gasteiger partial charge in [-0.05, 0) is 0 Å². The lowest BCUT2D eigenvalue weighted by molar-refractivity contribution is 0.101. The van der Waals surface area contributed by atoms with Crippen LogP contribution in [0.4, 0.5) is 5.82 Å². The van der Waals surface area contributed by atoms with E-state index in [0.29, 0.717) is 11.6 Å². The molecule has 0 radical (unpaired) electrons. The second-order valence-electron chi connectivity index (χ2n) is 5.33. The minimum atomic E-state index is -0.474. The molecule has 2 aromatic rings. The highest BCUT2D eigenvalue weighted by atomic mass is 16.5. The molecule has 8 nitrogen and oxygen atoms in total. The third-order valence-corrected chi connectivity index (χ3v) is 2.60. The van der Waals surface area contributed by atoms with Crippen LogP contribution in [-0.2, 0) is 12.5 Å². The molecule has 20 heavy (non-hydrogen) atoms. The average molecular weight is 279 g/mol. The fraction of sp³-hybridized carbons (Fsp3) is 0.500. The summed E-state index contributed by atoms with van der Waals surface area (Å²) in [5.74, 6) is 0.535. The van der Waals surface area contributed by atoms with Crippen LogP contribution in [0.1, 0.15) is 37.2 Å². The number of aromatic nitrogens is 4. The number of ether oxygens (including phenoxy) is 1. The van der Waals surface area contributed by atoms with Crippen LogP contribution in [0.3, 0.4) is 0 Å². The summed E-state index contributed by atoms with van der Waals surface area (Å²) < 4.78 is 11.5. The van der Waals surface area contributed by atoms with Crippen LogP contribution < -0.4 is 10.1 Å². The molecule has 2 aromatic heterocycles. The number of nitrogens with zero attached hydrogens (tertiary/aromatic N) is 4. The fourth-order valence-electron chi connectivity index (χ4n) is 1.50. The van der Waals surface area contributed by atoms with E-state index in [1.165, 1.54) is 11.8 Å². The van der Waals surface area contributed by atoms with Crippen molar-refractivity contribution >= 4 is 11.7 Å². The van der Waals surface area contributed by atoms with Crippen LogP contribution in [0.5, 0.6) is 6.01 Å². The molecule has 0 fully saturated rings. The maximum Gasteiger partial charge on any atom is 0.314 e. The van der Waals surface area contributed by atoms with Crippen molar-refractivity contribution in [1.29, 1.82) is 0 Å². The lowest BCUT2D eigenvalue weighted by atomic mass is 9.93. The van der Waals surface area contributed by atoms with E-state index in [4.69, 9.17) is 9.26 Å². The minimum Gasteiger partial charge on any atom is -0.467 e. The summed E-state index contributed by atoms with van der Waals surface area (Å²) in [4.78, 5) is 15.9. The molecule has 0 aliphatic rings. The minimum absolute atomic E-state index is 0.00431. The standard InChI is InChI=1S/C12H17N5O3/c1-12(2,3)7-6-8(16-20-7)13-10(18)9-14-11(19-5)17(4)15-9/h6H,1-5H3,(H,13,16,18). The van der Waals surface area contributed by atoms with Crippen molar-refractivity contribution in [2.75, 3.05) is 12.4 Å². The molecule has 2 rings (SSSR count). The molecule has 0 unspecified atom stereocenters. The Balaban J connectivity index is 2.13. The van der Waals surface area contributed by atoms with Crippen molar-refractivity contribution < 1.29 is 14.1 Å². The van der Waals surface area contributed by atoms with E-state index >= 15 is 0 Å². The maximum absolute atomic E-state index is 12.0. The molecule has 0 spiro atoms. The van der Waals surface area contributed by atoms with Crippen molar-refractivity contribution in [3.05, 3.63) is 17.7 Å². The first kappa shape index (κ1) is 14.0. The van der Waals surface area contributed by atoms with E-state index in [1.54, 1.807) is 13.1 Å². The van der Waals surface area contributed by atoms with Gasteiger partial charge in [0.15, 0.2) is 5.82 Å². The van der Waals surface area contributed by atoms with Gasteiger partial charge < -0.3 is 14.6 Å². The first-order valence-corrected chi connectivity index (χ1v) is 6.05. The van der Waals surface area contributed by atoms with Gasteiger partial charge in [-0.15, -0.1) is 5.10 Å². The Morgan fingerprint density at radius 1 is 1.45 bits per heavy atom. The topological polar surface area (TPSA) is 95.1 Å². The predicted molar refractivity (Wildman–Crippen MR) is 70.7 cm³/mol. The summed E-state index contributed by atoms with van der Waals surface area (Å²) in [6.07, 6.45) is 0. The van der Waals surface area contributed by atoms with Gasteiger partial charge in [0.25, 0.3) is 5.91 Å². The lowest BCUT2D eigenvalue weighted by Gasteiger charge is -2.11. The van der Waals surface area contributed by atoms with Crippen LogP contribution in [0.25, 0.3) is 0 Å². The zero-order chi connectivity index (χ0) is 14.9. The number of hydrogen-bond donors (Lipinski definition) is 1. The lowest BCUT2D eigenvalue weighted by Crippen LogP contribution is -2.14. The highest BCUT2D eigenvalue weighted by Gasteiger charge is 2.22. The molecular weight excluding hydrogens is 262 g/mol. The molecule has 0 saturated heterocycles. The fourth-order valence-corrected chi connectivity index (χ4v) is 1.50. The SMILES string of the molecule is COc1nc(C(=O)Nc2cc(C(C)(C)C)on2)nn1C. The third-order valence-electron chi connectivity index (χ3n) is 2.60. The largest absolute Gasteiger partial charge is 0.467 e. The zero-order valence-corrected chi connectivity index (χ0v) is 12.1. The molecule has 0 aliphatic heterocycles. The van der Waals surface area contributed by atoms with E-state index in [-0.39, 0.29) is 17.2 Å². The summed E-state index contributed by atoms with van der Waals surface area (Å²) in [5, 5.41) is 10.3. The highest BCUT2D eigenvalue weighted by Crippen LogP contribution is 2.24. The molecule has 0 saturated carbocycles. The first-order chi connectivity index (χ1) is 9.31. The van der Waals surface area contributed by atoms with Gasteiger partial charge in [-0.3, -0.25) is 4.79 Å². The van der Waals surface area contributed by atoms with Gasteiger partial charge in [0, 0.05) is 18.5 Å². The van der Waals surface area contributed by atoms with E-state index in [2.05, 4.69) is 20.6 Å². The van der Waals surface area contributed by atoms with Gasteiger partial charge in [-0.25, -0.2) is 4.68 Å². The summed E-state index contributed by atoms with van der Waals surface area (Å²) in [5.41, 5.74) is -0.178. The van der Waals surface area contributed by atoms with E-state index in [9.17, 15) is 4.79 Å². The average Bonchev–Trinajstić information content (AvgIpc) is 2.95. The molecule has 2 heterocycles. The Morgan fingerprint density at radius 2 is 2.15 bits per heavy atom. The number of hydrogen-bond acceptors (Lipinski definition) is 6. The third kappa shape index (κ3) is 2.79. The van der Waals surface area contributed by atoms with Crippen molar-refractivity contribution in [1.82, 2.24) is 19.9 Å². The smallest absolute Gasteiger partial charge is 0.314 e. The molecular formula is C12H17N5O3. The van der Waals surface area contributed by atoms with Gasteiger partial charge in [0.05, 0.1) is 7.11 Å². The maximum atomic E-state index is 12.0. The van der Waals surface area contributed by atoms with Crippen molar-refractivity contribution in [2.24, 2.45) is 7.05 Å². The van der Waals surface area contributed by atoms with Crippen molar-refractivity contribution in [3.63, 3.8) is 0 Å². The van der Waals surface area contributed by atoms with E-state index in [1.807, 2.05) is 20.8 Å². The monoisotopic (exact) mass is 279 g/mol. The molecule has 1 amide bonds. The van der Waals surface area contributed by atoms with Crippen LogP contribution in [0, 0.1) is 0 Å². The molecule has 0 aromatic carbocycles.